The molecule has 0 unspecified atom stereocenters. The molecule has 0 fully saturated rings. The minimum absolute atomic E-state index is 0.140. The average molecular weight is 343 g/mol. The average Bonchev–Trinajstić information content (AvgIpc) is 2.44. The SMILES string of the molecule is CCC(CC)CN(CC)Cc1ccc(Br)c([N+](=O)[O-])c1. The molecule has 0 N–H and O–H groups in total. The second-order valence-corrected chi connectivity index (χ2v) is 5.91. The highest BCUT2D eigenvalue weighted by Gasteiger charge is 2.15. The molecule has 0 aliphatic rings. The molecule has 5 heteroatoms. The van der Waals surface area contributed by atoms with Crippen LogP contribution in [0.3, 0.4) is 0 Å². The van der Waals surface area contributed by atoms with Gasteiger partial charge in [-0.05, 0) is 40.0 Å². The van der Waals surface area contributed by atoms with Crippen molar-refractivity contribution in [3.05, 3.63) is 38.3 Å². The summed E-state index contributed by atoms with van der Waals surface area (Å²) < 4.78 is 0.536. The standard InChI is InChI=1S/C15H23BrN2O2/c1-4-12(5-2)10-17(6-3)11-13-7-8-14(16)15(9-13)18(19)20/h7-9,12H,4-6,10-11H2,1-3H3. The van der Waals surface area contributed by atoms with Gasteiger partial charge in [0.05, 0.1) is 9.40 Å². The van der Waals surface area contributed by atoms with Crippen molar-refractivity contribution in [2.45, 2.75) is 40.2 Å². The van der Waals surface area contributed by atoms with Crippen molar-refractivity contribution in [1.82, 2.24) is 4.90 Å². The Kier molecular flexibility index (Phi) is 7.16. The number of nitro benzene ring substituents is 1. The smallest absolute Gasteiger partial charge is 0.283 e. The van der Waals surface area contributed by atoms with Crippen molar-refractivity contribution in [1.29, 1.82) is 0 Å². The van der Waals surface area contributed by atoms with E-state index >= 15 is 0 Å². The molecule has 0 amide bonds. The predicted octanol–water partition coefficient (Wildman–Crippen LogP) is 4.62. The Hall–Kier alpha value is -0.940. The lowest BCUT2D eigenvalue weighted by Gasteiger charge is -2.25. The molecule has 0 bridgehead atoms. The van der Waals surface area contributed by atoms with E-state index in [4.69, 9.17) is 0 Å². The van der Waals surface area contributed by atoms with E-state index in [0.717, 1.165) is 25.2 Å². The predicted molar refractivity (Wildman–Crippen MR) is 85.8 cm³/mol. The molecular formula is C15H23BrN2O2. The molecule has 1 aromatic carbocycles. The number of halogens is 1. The Morgan fingerprint density at radius 1 is 1.30 bits per heavy atom. The molecule has 4 nitrogen and oxygen atoms in total. The highest BCUT2D eigenvalue weighted by atomic mass is 79.9. The molecule has 0 saturated heterocycles. The van der Waals surface area contributed by atoms with Crippen LogP contribution in [0, 0.1) is 16.0 Å². The maximum Gasteiger partial charge on any atom is 0.283 e. The van der Waals surface area contributed by atoms with E-state index in [1.807, 2.05) is 6.07 Å². The van der Waals surface area contributed by atoms with Crippen LogP contribution >= 0.6 is 15.9 Å². The van der Waals surface area contributed by atoms with Crippen LogP contribution in [-0.2, 0) is 6.54 Å². The van der Waals surface area contributed by atoms with Crippen LogP contribution in [0.15, 0.2) is 22.7 Å². The second kappa shape index (κ2) is 8.37. The first kappa shape index (κ1) is 17.1. The molecule has 0 saturated carbocycles. The summed E-state index contributed by atoms with van der Waals surface area (Å²) in [5, 5.41) is 11.0. The van der Waals surface area contributed by atoms with Crippen LogP contribution in [-0.4, -0.2) is 22.9 Å². The molecule has 1 aromatic rings. The molecular weight excluding hydrogens is 320 g/mol. The third-order valence-corrected chi connectivity index (χ3v) is 4.40. The Labute approximate surface area is 129 Å². The van der Waals surface area contributed by atoms with Gasteiger partial charge in [-0.25, -0.2) is 0 Å². The van der Waals surface area contributed by atoms with Crippen molar-refractivity contribution in [2.24, 2.45) is 5.92 Å². The molecule has 0 aromatic heterocycles. The normalized spacial score (nSPS) is 11.3. The van der Waals surface area contributed by atoms with Crippen LogP contribution in [0.5, 0.6) is 0 Å². The fourth-order valence-corrected chi connectivity index (χ4v) is 2.66. The van der Waals surface area contributed by atoms with Crippen LogP contribution in [0.4, 0.5) is 5.69 Å². The van der Waals surface area contributed by atoms with Crippen molar-refractivity contribution in [3.63, 3.8) is 0 Å². The van der Waals surface area contributed by atoms with Crippen molar-refractivity contribution in [2.75, 3.05) is 13.1 Å². The lowest BCUT2D eigenvalue weighted by molar-refractivity contribution is -0.385. The topological polar surface area (TPSA) is 46.4 Å². The van der Waals surface area contributed by atoms with E-state index in [1.54, 1.807) is 12.1 Å². The number of nitro groups is 1. The summed E-state index contributed by atoms with van der Waals surface area (Å²) in [6, 6.07) is 5.38. The maximum atomic E-state index is 11.0. The van der Waals surface area contributed by atoms with Crippen LogP contribution in [0.1, 0.15) is 39.2 Å². The van der Waals surface area contributed by atoms with Gasteiger partial charge in [-0.2, -0.15) is 0 Å². The summed E-state index contributed by atoms with van der Waals surface area (Å²) in [4.78, 5) is 13.0. The van der Waals surface area contributed by atoms with Gasteiger partial charge in [-0.1, -0.05) is 39.7 Å². The molecule has 0 radical (unpaired) electrons. The molecule has 0 aliphatic carbocycles. The number of hydrogen-bond donors (Lipinski definition) is 0. The Morgan fingerprint density at radius 2 is 1.95 bits per heavy atom. The Balaban J connectivity index is 2.79. The van der Waals surface area contributed by atoms with Gasteiger partial charge >= 0.3 is 0 Å². The van der Waals surface area contributed by atoms with Gasteiger partial charge in [-0.3, -0.25) is 15.0 Å². The first-order valence-electron chi connectivity index (χ1n) is 7.16. The zero-order valence-corrected chi connectivity index (χ0v) is 14.0. The Bertz CT molecular complexity index is 447. The molecule has 0 atom stereocenters. The summed E-state index contributed by atoms with van der Waals surface area (Å²) in [6.07, 6.45) is 2.35. The summed E-state index contributed by atoms with van der Waals surface area (Å²) in [5.41, 5.74) is 1.13. The quantitative estimate of drug-likeness (QED) is 0.511. The van der Waals surface area contributed by atoms with Gasteiger partial charge in [0.2, 0.25) is 0 Å². The van der Waals surface area contributed by atoms with Crippen LogP contribution < -0.4 is 0 Å². The van der Waals surface area contributed by atoms with E-state index in [9.17, 15) is 10.1 Å². The Morgan fingerprint density at radius 3 is 2.45 bits per heavy atom. The van der Waals surface area contributed by atoms with E-state index in [0.29, 0.717) is 10.4 Å². The van der Waals surface area contributed by atoms with E-state index < -0.39 is 0 Å². The monoisotopic (exact) mass is 342 g/mol. The number of hydrogen-bond acceptors (Lipinski definition) is 3. The van der Waals surface area contributed by atoms with Crippen molar-refractivity contribution < 1.29 is 4.92 Å². The summed E-state index contributed by atoms with van der Waals surface area (Å²) in [6.45, 7) is 9.34. The van der Waals surface area contributed by atoms with Crippen LogP contribution in [0.2, 0.25) is 0 Å². The lowest BCUT2D eigenvalue weighted by Crippen LogP contribution is -2.28. The largest absolute Gasteiger partial charge is 0.299 e. The number of nitrogens with zero attached hydrogens (tertiary/aromatic N) is 2. The summed E-state index contributed by atoms with van der Waals surface area (Å²) in [5.74, 6) is 0.695. The van der Waals surface area contributed by atoms with Crippen molar-refractivity contribution >= 4 is 21.6 Å². The summed E-state index contributed by atoms with van der Waals surface area (Å²) in [7, 11) is 0. The van der Waals surface area contributed by atoms with Gasteiger partial charge in [0, 0.05) is 19.2 Å². The zero-order valence-electron chi connectivity index (χ0n) is 12.4. The van der Waals surface area contributed by atoms with E-state index in [2.05, 4.69) is 41.6 Å². The molecule has 112 valence electrons. The minimum atomic E-state index is -0.343. The highest BCUT2D eigenvalue weighted by Crippen LogP contribution is 2.26. The minimum Gasteiger partial charge on any atom is -0.299 e. The fraction of sp³-hybridized carbons (Fsp3) is 0.600. The fourth-order valence-electron chi connectivity index (χ4n) is 2.27. The summed E-state index contributed by atoms with van der Waals surface area (Å²) >= 11 is 3.22. The van der Waals surface area contributed by atoms with E-state index in [-0.39, 0.29) is 10.6 Å². The van der Waals surface area contributed by atoms with Crippen molar-refractivity contribution in [3.8, 4) is 0 Å². The first-order chi connectivity index (χ1) is 9.51. The van der Waals surface area contributed by atoms with Gasteiger partial charge in [0.15, 0.2) is 0 Å². The zero-order chi connectivity index (χ0) is 15.1. The highest BCUT2D eigenvalue weighted by molar-refractivity contribution is 9.10. The van der Waals surface area contributed by atoms with E-state index in [1.165, 1.54) is 12.8 Å². The lowest BCUT2D eigenvalue weighted by atomic mass is 10.0. The third kappa shape index (κ3) is 4.87. The molecule has 0 spiro atoms. The third-order valence-electron chi connectivity index (χ3n) is 3.73. The van der Waals surface area contributed by atoms with Gasteiger partial charge in [0.1, 0.15) is 0 Å². The van der Waals surface area contributed by atoms with Gasteiger partial charge < -0.3 is 0 Å². The number of benzene rings is 1. The maximum absolute atomic E-state index is 11.0. The molecule has 1 rings (SSSR count). The van der Waals surface area contributed by atoms with Gasteiger partial charge in [0.25, 0.3) is 5.69 Å². The van der Waals surface area contributed by atoms with Gasteiger partial charge in [-0.15, -0.1) is 0 Å². The molecule has 0 heterocycles. The molecule has 20 heavy (non-hydrogen) atoms. The number of rotatable bonds is 8. The second-order valence-electron chi connectivity index (χ2n) is 5.05. The van der Waals surface area contributed by atoms with Crippen LogP contribution in [0.25, 0.3) is 0 Å². The first-order valence-corrected chi connectivity index (χ1v) is 7.96. The molecule has 0 aliphatic heterocycles.